The number of para-hydroxylation sites is 2. The highest BCUT2D eigenvalue weighted by Gasteiger charge is 2.32. The molecule has 1 aliphatic rings. The van der Waals surface area contributed by atoms with Gasteiger partial charge in [-0.25, -0.2) is 4.68 Å². The van der Waals surface area contributed by atoms with Gasteiger partial charge in [-0.2, -0.15) is 15.2 Å². The van der Waals surface area contributed by atoms with Crippen LogP contribution in [0.15, 0.2) is 125 Å². The molecule has 0 aliphatic carbocycles. The van der Waals surface area contributed by atoms with Crippen molar-refractivity contribution < 1.29 is 9.53 Å². The van der Waals surface area contributed by atoms with Crippen LogP contribution >= 0.6 is 23.4 Å². The number of aryl methyl sites for hydroxylation is 1. The normalized spacial score (nSPS) is 13.9. The molecule has 5 aromatic rings. The van der Waals surface area contributed by atoms with Crippen molar-refractivity contribution in [2.24, 2.45) is 5.10 Å². The van der Waals surface area contributed by atoms with Crippen LogP contribution in [-0.2, 0) is 4.79 Å². The molecule has 0 fully saturated rings. The van der Waals surface area contributed by atoms with E-state index >= 15 is 0 Å². The topological polar surface area (TPSA) is 59.7 Å². The molecule has 6 rings (SSSR count). The standard InChI is InChI=1S/C35H29ClN4O2S/c1-3-42-29-16-19-31(24(2)20-29)34-25(22-39(38-34)27-10-6-4-7-11-27)21-32-33(23-43-30-17-14-26(36)15-18-30)37-40(35(32)41)28-12-8-5-9-13-28/h4-22H,3,23H2,1-2H3/b32-21+. The lowest BCUT2D eigenvalue weighted by Gasteiger charge is -2.11. The van der Waals surface area contributed by atoms with Crippen LogP contribution in [0.3, 0.4) is 0 Å². The molecular formula is C35H29ClN4O2S. The Bertz CT molecular complexity index is 1820. The number of hydrogen-bond acceptors (Lipinski definition) is 5. The fourth-order valence-corrected chi connectivity index (χ4v) is 5.84. The lowest BCUT2D eigenvalue weighted by molar-refractivity contribution is -0.114. The summed E-state index contributed by atoms with van der Waals surface area (Å²) in [7, 11) is 0. The van der Waals surface area contributed by atoms with E-state index in [1.165, 1.54) is 5.01 Å². The van der Waals surface area contributed by atoms with Crippen LogP contribution in [0.1, 0.15) is 18.1 Å². The van der Waals surface area contributed by atoms with Crippen LogP contribution in [0.2, 0.25) is 5.02 Å². The van der Waals surface area contributed by atoms with E-state index in [-0.39, 0.29) is 5.91 Å². The summed E-state index contributed by atoms with van der Waals surface area (Å²) in [6.07, 6.45) is 3.89. The monoisotopic (exact) mass is 604 g/mol. The molecule has 1 aromatic heterocycles. The number of hydrazone groups is 1. The van der Waals surface area contributed by atoms with Gasteiger partial charge >= 0.3 is 0 Å². The molecular weight excluding hydrogens is 576 g/mol. The SMILES string of the molecule is CCOc1ccc(-c2nn(-c3ccccc3)cc2/C=C2/C(=O)N(c3ccccc3)N=C2CSc2ccc(Cl)cc2)c(C)c1. The zero-order valence-electron chi connectivity index (χ0n) is 23.8. The highest BCUT2D eigenvalue weighted by molar-refractivity contribution is 8.00. The van der Waals surface area contributed by atoms with Gasteiger partial charge < -0.3 is 4.74 Å². The molecule has 0 bridgehead atoms. The highest BCUT2D eigenvalue weighted by Crippen LogP contribution is 2.33. The second kappa shape index (κ2) is 12.7. The van der Waals surface area contributed by atoms with Gasteiger partial charge in [-0.3, -0.25) is 4.79 Å². The maximum absolute atomic E-state index is 14.0. The molecule has 0 saturated heterocycles. The van der Waals surface area contributed by atoms with Crippen molar-refractivity contribution in [3.05, 3.63) is 131 Å². The van der Waals surface area contributed by atoms with Crippen molar-refractivity contribution in [3.8, 4) is 22.7 Å². The molecule has 8 heteroatoms. The minimum Gasteiger partial charge on any atom is -0.494 e. The fourth-order valence-electron chi connectivity index (χ4n) is 4.86. The van der Waals surface area contributed by atoms with Crippen molar-refractivity contribution >= 4 is 46.7 Å². The van der Waals surface area contributed by atoms with Crippen LogP contribution in [0, 0.1) is 6.92 Å². The first-order valence-electron chi connectivity index (χ1n) is 14.0. The summed E-state index contributed by atoms with van der Waals surface area (Å²) in [5.74, 6) is 1.14. The summed E-state index contributed by atoms with van der Waals surface area (Å²) in [5.41, 5.74) is 6.44. The Morgan fingerprint density at radius 1 is 0.907 bits per heavy atom. The van der Waals surface area contributed by atoms with Gasteiger partial charge in [-0.1, -0.05) is 48.0 Å². The van der Waals surface area contributed by atoms with E-state index in [0.29, 0.717) is 34.4 Å². The molecule has 0 atom stereocenters. The van der Waals surface area contributed by atoms with Crippen LogP contribution in [0.5, 0.6) is 5.75 Å². The third kappa shape index (κ3) is 6.28. The minimum absolute atomic E-state index is 0.181. The van der Waals surface area contributed by atoms with E-state index in [4.69, 9.17) is 26.5 Å². The van der Waals surface area contributed by atoms with Gasteiger partial charge in [0.2, 0.25) is 0 Å². The first-order valence-corrected chi connectivity index (χ1v) is 15.3. The number of aromatic nitrogens is 2. The smallest absolute Gasteiger partial charge is 0.280 e. The number of rotatable bonds is 9. The maximum atomic E-state index is 14.0. The zero-order valence-corrected chi connectivity index (χ0v) is 25.3. The molecule has 0 spiro atoms. The Balaban J connectivity index is 1.44. The molecule has 2 heterocycles. The average molecular weight is 605 g/mol. The van der Waals surface area contributed by atoms with Gasteiger partial charge in [0.15, 0.2) is 0 Å². The quantitative estimate of drug-likeness (QED) is 0.125. The Morgan fingerprint density at radius 3 is 2.28 bits per heavy atom. The lowest BCUT2D eigenvalue weighted by Crippen LogP contribution is -2.21. The Hall–Kier alpha value is -4.59. The number of nitrogens with zero attached hydrogens (tertiary/aromatic N) is 4. The van der Waals surface area contributed by atoms with Crippen molar-refractivity contribution in [2.75, 3.05) is 17.4 Å². The highest BCUT2D eigenvalue weighted by atomic mass is 35.5. The van der Waals surface area contributed by atoms with Crippen molar-refractivity contribution in [1.29, 1.82) is 0 Å². The van der Waals surface area contributed by atoms with Crippen molar-refractivity contribution in [1.82, 2.24) is 9.78 Å². The van der Waals surface area contributed by atoms with Gasteiger partial charge in [0.05, 0.1) is 29.3 Å². The summed E-state index contributed by atoms with van der Waals surface area (Å²) in [4.78, 5) is 15.0. The van der Waals surface area contributed by atoms with E-state index in [0.717, 1.165) is 38.7 Å². The van der Waals surface area contributed by atoms with E-state index in [2.05, 4.69) is 0 Å². The van der Waals surface area contributed by atoms with Crippen molar-refractivity contribution in [3.63, 3.8) is 0 Å². The van der Waals surface area contributed by atoms with E-state index in [1.54, 1.807) is 11.8 Å². The molecule has 214 valence electrons. The third-order valence-corrected chi connectivity index (χ3v) is 8.25. The van der Waals surface area contributed by atoms with Crippen LogP contribution in [-0.4, -0.2) is 33.8 Å². The molecule has 1 amide bonds. The van der Waals surface area contributed by atoms with Gasteiger partial charge in [-0.15, -0.1) is 11.8 Å². The van der Waals surface area contributed by atoms with Crippen LogP contribution in [0.25, 0.3) is 23.0 Å². The predicted molar refractivity (Wildman–Crippen MR) is 176 cm³/mol. The second-order valence-electron chi connectivity index (χ2n) is 9.92. The second-order valence-corrected chi connectivity index (χ2v) is 11.4. The number of halogens is 1. The molecule has 6 nitrogen and oxygen atoms in total. The summed E-state index contributed by atoms with van der Waals surface area (Å²) in [6, 6.07) is 33.1. The number of benzene rings is 4. The van der Waals surface area contributed by atoms with Crippen LogP contribution < -0.4 is 9.75 Å². The molecule has 0 N–H and O–H groups in total. The summed E-state index contributed by atoms with van der Waals surface area (Å²) in [5, 5.41) is 12.0. The molecule has 1 aliphatic heterocycles. The maximum Gasteiger partial charge on any atom is 0.280 e. The van der Waals surface area contributed by atoms with Gasteiger partial charge in [0.1, 0.15) is 11.4 Å². The number of anilines is 1. The lowest BCUT2D eigenvalue weighted by atomic mass is 10.00. The van der Waals surface area contributed by atoms with E-state index < -0.39 is 0 Å². The summed E-state index contributed by atoms with van der Waals surface area (Å²) >= 11 is 7.70. The average Bonchev–Trinajstić information content (AvgIpc) is 3.59. The Kier molecular flexibility index (Phi) is 8.45. The van der Waals surface area contributed by atoms with Gasteiger partial charge in [0, 0.05) is 33.0 Å². The largest absolute Gasteiger partial charge is 0.494 e. The van der Waals surface area contributed by atoms with E-state index in [9.17, 15) is 4.79 Å². The van der Waals surface area contributed by atoms with E-state index in [1.807, 2.05) is 134 Å². The molecule has 0 unspecified atom stereocenters. The number of ether oxygens (including phenoxy) is 1. The number of amides is 1. The zero-order chi connectivity index (χ0) is 29.8. The predicted octanol–water partition coefficient (Wildman–Crippen LogP) is 8.48. The number of carbonyl (C=O) groups is 1. The molecule has 0 saturated carbocycles. The number of carbonyl (C=O) groups excluding carboxylic acids is 1. The first-order chi connectivity index (χ1) is 21.0. The molecule has 0 radical (unpaired) electrons. The molecule has 43 heavy (non-hydrogen) atoms. The fraction of sp³-hybridized carbons (Fsp3) is 0.114. The van der Waals surface area contributed by atoms with Gasteiger partial charge in [-0.05, 0) is 92.2 Å². The van der Waals surface area contributed by atoms with Crippen molar-refractivity contribution in [2.45, 2.75) is 18.7 Å². The Labute approximate surface area is 260 Å². The number of thioether (sulfide) groups is 1. The minimum atomic E-state index is -0.181. The molecule has 4 aromatic carbocycles. The summed E-state index contributed by atoms with van der Waals surface area (Å²) < 4.78 is 7.58. The summed E-state index contributed by atoms with van der Waals surface area (Å²) in [6.45, 7) is 4.61. The third-order valence-electron chi connectivity index (χ3n) is 6.97. The first kappa shape index (κ1) is 28.5. The van der Waals surface area contributed by atoms with Crippen LogP contribution in [0.4, 0.5) is 5.69 Å². The Morgan fingerprint density at radius 2 is 1.60 bits per heavy atom. The number of hydrogen-bond donors (Lipinski definition) is 0. The van der Waals surface area contributed by atoms with Gasteiger partial charge in [0.25, 0.3) is 5.91 Å².